The molecule has 140 valence electrons. The summed E-state index contributed by atoms with van der Waals surface area (Å²) in [6.07, 6.45) is 2.59. The van der Waals surface area contributed by atoms with Crippen LogP contribution in [0.4, 0.5) is 0 Å². The smallest absolute Gasteiger partial charge is 0.259 e. The molecule has 0 radical (unpaired) electrons. The lowest BCUT2D eigenvalue weighted by molar-refractivity contribution is -0.306. The molecule has 9 nitrogen and oxygen atoms in total. The summed E-state index contributed by atoms with van der Waals surface area (Å²) in [6.45, 7) is 0.0644. The predicted molar refractivity (Wildman–Crippen MR) is 93.2 cm³/mol. The molecule has 0 unspecified atom stereocenters. The molecule has 1 amide bonds. The topological polar surface area (TPSA) is 143 Å². The van der Waals surface area contributed by atoms with E-state index >= 15 is 0 Å². The van der Waals surface area contributed by atoms with Gasteiger partial charge in [-0.25, -0.2) is 0 Å². The molecule has 0 aliphatic carbocycles. The van der Waals surface area contributed by atoms with Crippen LogP contribution in [0.1, 0.15) is 12.0 Å². The number of benzene rings is 1. The van der Waals surface area contributed by atoms with Crippen LogP contribution in [-0.2, 0) is 16.1 Å². The summed E-state index contributed by atoms with van der Waals surface area (Å²) in [7, 11) is 2.99. The van der Waals surface area contributed by atoms with Crippen molar-refractivity contribution in [3.05, 3.63) is 35.5 Å². The van der Waals surface area contributed by atoms with Crippen molar-refractivity contribution in [1.29, 1.82) is 5.26 Å². The minimum atomic E-state index is -1.22. The number of hydrogen-bond acceptors (Lipinski definition) is 7. The molecule has 0 saturated carbocycles. The van der Waals surface area contributed by atoms with Gasteiger partial charge in [0.1, 0.15) is 11.6 Å². The number of carbonyl (C=O) groups excluding carboxylic acids is 2. The number of methoxy groups -OCH3 is 2. The van der Waals surface area contributed by atoms with Gasteiger partial charge in [-0.05, 0) is 24.3 Å². The second-order valence-corrected chi connectivity index (χ2v) is 5.42. The highest BCUT2D eigenvalue weighted by Crippen LogP contribution is 2.33. The molecule has 0 aliphatic heterocycles. The number of nitriles is 1. The molecule has 0 aliphatic rings. The largest absolute Gasteiger partial charge is 0.550 e. The second kappa shape index (κ2) is 8.53. The van der Waals surface area contributed by atoms with Gasteiger partial charge in [0, 0.05) is 36.3 Å². The summed E-state index contributed by atoms with van der Waals surface area (Å²) >= 11 is 0. The third kappa shape index (κ3) is 4.64. The van der Waals surface area contributed by atoms with Crippen LogP contribution >= 0.6 is 0 Å². The van der Waals surface area contributed by atoms with Gasteiger partial charge >= 0.3 is 0 Å². The Morgan fingerprint density at radius 2 is 2.04 bits per heavy atom. The fourth-order valence-corrected chi connectivity index (χ4v) is 2.38. The summed E-state index contributed by atoms with van der Waals surface area (Å²) in [5.41, 5.74) is 6.40. The Morgan fingerprint density at radius 1 is 1.33 bits per heavy atom. The van der Waals surface area contributed by atoms with Crippen LogP contribution in [0.25, 0.3) is 17.3 Å². The number of aliphatic carboxylic acids is 1. The Kier molecular flexibility index (Phi) is 6.17. The second-order valence-electron chi connectivity index (χ2n) is 5.42. The van der Waals surface area contributed by atoms with Crippen molar-refractivity contribution < 1.29 is 24.2 Å². The van der Waals surface area contributed by atoms with Crippen LogP contribution in [-0.4, -0.2) is 35.9 Å². The maximum Gasteiger partial charge on any atom is 0.259 e. The number of nitrogens with zero attached hydrogens (tertiary/aromatic N) is 3. The molecule has 0 fully saturated rings. The SMILES string of the molecule is COc1ccc(-c2nn(CCC(=O)[O-])cc2/C=C(\C#N)C(N)=O)cc1OC. The molecule has 0 atom stereocenters. The highest BCUT2D eigenvalue weighted by Gasteiger charge is 2.15. The van der Waals surface area contributed by atoms with Gasteiger partial charge in [-0.1, -0.05) is 0 Å². The van der Waals surface area contributed by atoms with Gasteiger partial charge in [-0.3, -0.25) is 9.48 Å². The number of hydrogen-bond donors (Lipinski definition) is 1. The van der Waals surface area contributed by atoms with Crippen LogP contribution < -0.4 is 20.3 Å². The number of primary amides is 1. The van der Waals surface area contributed by atoms with E-state index in [1.807, 2.05) is 0 Å². The molecular weight excluding hydrogens is 352 g/mol. The molecule has 2 rings (SSSR count). The van der Waals surface area contributed by atoms with Crippen LogP contribution in [0.15, 0.2) is 30.0 Å². The maximum absolute atomic E-state index is 11.4. The third-order valence-electron chi connectivity index (χ3n) is 3.68. The minimum absolute atomic E-state index is 0.0644. The number of amides is 1. The van der Waals surface area contributed by atoms with Gasteiger partial charge in [0.2, 0.25) is 0 Å². The predicted octanol–water partition coefficient (Wildman–Crippen LogP) is 0.0996. The van der Waals surface area contributed by atoms with E-state index < -0.39 is 11.9 Å². The lowest BCUT2D eigenvalue weighted by Gasteiger charge is -2.09. The van der Waals surface area contributed by atoms with Crippen molar-refractivity contribution in [1.82, 2.24) is 9.78 Å². The number of aryl methyl sites for hydroxylation is 1. The zero-order valence-corrected chi connectivity index (χ0v) is 14.8. The molecule has 0 saturated heterocycles. The number of carboxylic acids is 1. The van der Waals surface area contributed by atoms with Crippen molar-refractivity contribution in [2.45, 2.75) is 13.0 Å². The fourth-order valence-electron chi connectivity index (χ4n) is 2.38. The highest BCUT2D eigenvalue weighted by molar-refractivity contribution is 6.01. The monoisotopic (exact) mass is 369 g/mol. The van der Waals surface area contributed by atoms with E-state index in [1.54, 1.807) is 24.3 Å². The van der Waals surface area contributed by atoms with Crippen molar-refractivity contribution in [2.24, 2.45) is 5.73 Å². The molecule has 27 heavy (non-hydrogen) atoms. The molecule has 2 aromatic rings. The first-order valence-electron chi connectivity index (χ1n) is 7.81. The molecular formula is C18H17N4O5-. The van der Waals surface area contributed by atoms with Gasteiger partial charge in [0.15, 0.2) is 11.5 Å². The van der Waals surface area contributed by atoms with Gasteiger partial charge < -0.3 is 25.1 Å². The lowest BCUT2D eigenvalue weighted by Crippen LogP contribution is -2.23. The maximum atomic E-state index is 11.4. The molecule has 9 heteroatoms. The number of carbonyl (C=O) groups is 2. The zero-order chi connectivity index (χ0) is 20.0. The summed E-state index contributed by atoms with van der Waals surface area (Å²) < 4.78 is 11.9. The van der Waals surface area contributed by atoms with E-state index in [9.17, 15) is 14.7 Å². The molecule has 1 aromatic carbocycles. The van der Waals surface area contributed by atoms with E-state index in [-0.39, 0.29) is 18.5 Å². The summed E-state index contributed by atoms with van der Waals surface area (Å²) in [6, 6.07) is 6.81. The van der Waals surface area contributed by atoms with Gasteiger partial charge in [0.25, 0.3) is 5.91 Å². The number of nitrogens with two attached hydrogens (primary N) is 1. The Bertz CT molecular complexity index is 940. The molecule has 1 aromatic heterocycles. The fraction of sp³-hybridized carbons (Fsp3) is 0.222. The van der Waals surface area contributed by atoms with Crippen molar-refractivity contribution >= 4 is 18.0 Å². The van der Waals surface area contributed by atoms with Crippen molar-refractivity contribution in [3.63, 3.8) is 0 Å². The van der Waals surface area contributed by atoms with Crippen molar-refractivity contribution in [2.75, 3.05) is 14.2 Å². The normalized spacial score (nSPS) is 10.9. The first kappa shape index (κ1) is 19.5. The summed E-state index contributed by atoms with van der Waals surface area (Å²) in [4.78, 5) is 22.1. The molecule has 2 N–H and O–H groups in total. The Balaban J connectivity index is 2.57. The van der Waals surface area contributed by atoms with Crippen molar-refractivity contribution in [3.8, 4) is 28.8 Å². The van der Waals surface area contributed by atoms with E-state index in [4.69, 9.17) is 20.5 Å². The Morgan fingerprint density at radius 3 is 2.59 bits per heavy atom. The first-order valence-corrected chi connectivity index (χ1v) is 7.81. The number of rotatable bonds is 8. The standard InChI is InChI=1S/C18H18N4O5/c1-26-14-4-3-11(8-15(14)27-2)17-13(7-12(9-19)18(20)25)10-22(21-17)6-5-16(23)24/h3-4,7-8,10H,5-6H2,1-2H3,(H2,20,25)(H,23,24)/p-1/b12-7+. The van der Waals surface area contributed by atoms with E-state index in [2.05, 4.69) is 5.10 Å². The summed E-state index contributed by atoms with van der Waals surface area (Å²) in [5.74, 6) is -1.11. The van der Waals surface area contributed by atoms with E-state index in [1.165, 1.54) is 31.2 Å². The average Bonchev–Trinajstić information content (AvgIpc) is 3.06. The highest BCUT2D eigenvalue weighted by atomic mass is 16.5. The van der Waals surface area contributed by atoms with Crippen LogP contribution in [0.2, 0.25) is 0 Å². The third-order valence-corrected chi connectivity index (χ3v) is 3.68. The molecule has 0 bridgehead atoms. The lowest BCUT2D eigenvalue weighted by atomic mass is 10.1. The van der Waals surface area contributed by atoms with E-state index in [0.717, 1.165) is 0 Å². The first-order chi connectivity index (χ1) is 12.9. The number of ether oxygens (including phenoxy) is 2. The quantitative estimate of drug-likeness (QED) is 0.513. The zero-order valence-electron chi connectivity index (χ0n) is 14.8. The Labute approximate surface area is 155 Å². The van der Waals surface area contributed by atoms with E-state index in [0.29, 0.717) is 28.3 Å². The van der Waals surface area contributed by atoms with Gasteiger partial charge in [-0.2, -0.15) is 10.4 Å². The van der Waals surface area contributed by atoms with Gasteiger partial charge in [0.05, 0.1) is 19.9 Å². The van der Waals surface area contributed by atoms with Crippen LogP contribution in [0, 0.1) is 11.3 Å². The molecule has 0 spiro atoms. The number of aromatic nitrogens is 2. The average molecular weight is 369 g/mol. The van der Waals surface area contributed by atoms with Gasteiger partial charge in [-0.15, -0.1) is 0 Å². The summed E-state index contributed by atoms with van der Waals surface area (Å²) in [5, 5.41) is 24.1. The van der Waals surface area contributed by atoms with Crippen LogP contribution in [0.3, 0.4) is 0 Å². The Hall–Kier alpha value is -3.80. The number of carboxylic acid groups (broad SMARTS) is 1. The van der Waals surface area contributed by atoms with Crippen LogP contribution in [0.5, 0.6) is 11.5 Å². The molecule has 1 heterocycles. The minimum Gasteiger partial charge on any atom is -0.550 e.